The molecule has 0 atom stereocenters. The summed E-state index contributed by atoms with van der Waals surface area (Å²) in [5.41, 5.74) is -0.0000722. The summed E-state index contributed by atoms with van der Waals surface area (Å²) >= 11 is 1.09. The Bertz CT molecular complexity index is 1030. The molecule has 0 radical (unpaired) electrons. The number of amides is 1. The Kier molecular flexibility index (Phi) is 6.47. The second-order valence-corrected chi connectivity index (χ2v) is 7.67. The highest BCUT2D eigenvalue weighted by Gasteiger charge is 2.43. The van der Waals surface area contributed by atoms with Gasteiger partial charge in [-0.1, -0.05) is 11.3 Å². The van der Waals surface area contributed by atoms with Crippen molar-refractivity contribution in [3.63, 3.8) is 0 Å². The Morgan fingerprint density at radius 3 is 2.63 bits per heavy atom. The summed E-state index contributed by atoms with van der Waals surface area (Å²) in [6, 6.07) is 1.42. The van der Waals surface area contributed by atoms with Gasteiger partial charge in [0.25, 0.3) is 5.91 Å². The summed E-state index contributed by atoms with van der Waals surface area (Å²) in [5, 5.41) is 24.2. The van der Waals surface area contributed by atoms with Gasteiger partial charge in [0.1, 0.15) is 0 Å². The first-order valence-corrected chi connectivity index (χ1v) is 9.80. The third-order valence-corrected chi connectivity index (χ3v) is 5.05. The highest BCUT2D eigenvalue weighted by Crippen LogP contribution is 2.40. The zero-order valence-electron chi connectivity index (χ0n) is 16.7. The van der Waals surface area contributed by atoms with Gasteiger partial charge in [0, 0.05) is 25.1 Å². The fraction of sp³-hybridized carbons (Fsp3) is 0.389. The molecule has 1 amide bonds. The molecule has 1 aliphatic carbocycles. The molecule has 1 fully saturated rings. The van der Waals surface area contributed by atoms with Crippen molar-refractivity contribution in [3.8, 4) is 5.75 Å². The van der Waals surface area contributed by atoms with E-state index in [1.54, 1.807) is 20.1 Å². The molecular formula is C18H22N6O5S. The van der Waals surface area contributed by atoms with Crippen molar-refractivity contribution in [1.82, 2.24) is 10.2 Å². The van der Waals surface area contributed by atoms with Crippen LogP contribution in [-0.2, 0) is 4.74 Å². The van der Waals surface area contributed by atoms with Crippen LogP contribution in [-0.4, -0.2) is 48.7 Å². The summed E-state index contributed by atoms with van der Waals surface area (Å²) in [5.74, 6) is -0.852. The van der Waals surface area contributed by atoms with Crippen molar-refractivity contribution in [2.75, 3.05) is 36.8 Å². The van der Waals surface area contributed by atoms with Gasteiger partial charge in [-0.05, 0) is 25.8 Å². The third-order valence-electron chi connectivity index (χ3n) is 4.29. The highest BCUT2D eigenvalue weighted by molar-refractivity contribution is 7.19. The molecule has 11 nitrogen and oxygen atoms in total. The van der Waals surface area contributed by atoms with E-state index in [9.17, 15) is 9.59 Å². The second kappa shape index (κ2) is 9.05. The number of anilines is 3. The maximum atomic E-state index is 12.6. The molecule has 0 saturated heterocycles. The molecule has 0 unspecified atom stereocenters. The summed E-state index contributed by atoms with van der Waals surface area (Å²) in [6.07, 6.45) is 4.44. The lowest BCUT2D eigenvalue weighted by Gasteiger charge is -2.19. The van der Waals surface area contributed by atoms with Gasteiger partial charge >= 0.3 is 5.63 Å². The quantitative estimate of drug-likeness (QED) is 0.413. The van der Waals surface area contributed by atoms with E-state index in [1.165, 1.54) is 13.2 Å². The maximum Gasteiger partial charge on any atom is 0.381 e. The molecule has 0 spiro atoms. The predicted molar refractivity (Wildman–Crippen MR) is 113 cm³/mol. The minimum Gasteiger partial charge on any atom is -0.488 e. The third kappa shape index (κ3) is 5.02. The number of hydrogen-bond acceptors (Lipinski definition) is 11. The van der Waals surface area contributed by atoms with Crippen LogP contribution >= 0.6 is 11.3 Å². The van der Waals surface area contributed by atoms with Gasteiger partial charge < -0.3 is 29.9 Å². The van der Waals surface area contributed by atoms with E-state index in [0.29, 0.717) is 23.1 Å². The zero-order chi connectivity index (χ0) is 21.7. The maximum absolute atomic E-state index is 12.6. The molecule has 1 aliphatic rings. The fourth-order valence-corrected chi connectivity index (χ4v) is 3.42. The van der Waals surface area contributed by atoms with Gasteiger partial charge in [0.2, 0.25) is 16.0 Å². The molecule has 2 aromatic heterocycles. The molecule has 4 N–H and O–H groups in total. The number of ether oxygens (including phenoxy) is 2. The number of aromatic nitrogens is 2. The Morgan fingerprint density at radius 2 is 2.03 bits per heavy atom. The molecule has 3 rings (SSSR count). The first kappa shape index (κ1) is 21.5. The molecule has 160 valence electrons. The molecule has 0 aromatic carbocycles. The van der Waals surface area contributed by atoms with E-state index in [4.69, 9.17) is 19.3 Å². The average molecular weight is 434 g/mol. The van der Waals surface area contributed by atoms with E-state index in [-0.39, 0.29) is 22.2 Å². The van der Waals surface area contributed by atoms with Gasteiger partial charge in [-0.2, -0.15) is 0 Å². The second-order valence-electron chi connectivity index (χ2n) is 6.69. The highest BCUT2D eigenvalue weighted by atomic mass is 32.1. The molecule has 0 bridgehead atoms. The van der Waals surface area contributed by atoms with Crippen LogP contribution in [0.3, 0.4) is 0 Å². The van der Waals surface area contributed by atoms with Gasteiger partial charge in [0.05, 0.1) is 24.9 Å². The number of nitrogens with one attached hydrogen (secondary N) is 4. The minimum atomic E-state index is -0.770. The lowest BCUT2D eigenvalue weighted by atomic mass is 10.2. The summed E-state index contributed by atoms with van der Waals surface area (Å²) in [6.45, 7) is 2.23. The van der Waals surface area contributed by atoms with Crippen molar-refractivity contribution in [1.29, 1.82) is 5.41 Å². The standard InChI is InChI=1S/C18H22N6O5S/c1-10(4-7-19)20-16-23-24-17(30-16)21-14(25)12-8-11(13(28-3)15(26)29-12)22-18(5-6-18)9-27-2/h4,7-8,19,22H,5-6,9H2,1-3H3,(H,20,23)(H,21,24,25)/b10-4-,19-7?. The van der Waals surface area contributed by atoms with Crippen LogP contribution in [0.15, 0.2) is 27.1 Å². The number of rotatable bonds is 10. The smallest absolute Gasteiger partial charge is 0.381 e. The fourth-order valence-electron chi connectivity index (χ4n) is 2.72. The number of methoxy groups -OCH3 is 2. The predicted octanol–water partition coefficient (Wildman–Crippen LogP) is 2.31. The van der Waals surface area contributed by atoms with Gasteiger partial charge in [0.15, 0.2) is 5.76 Å². The van der Waals surface area contributed by atoms with Crippen LogP contribution in [0.2, 0.25) is 0 Å². The van der Waals surface area contributed by atoms with E-state index < -0.39 is 11.5 Å². The number of carbonyl (C=O) groups is 1. The lowest BCUT2D eigenvalue weighted by molar-refractivity contribution is 0.0991. The summed E-state index contributed by atoms with van der Waals surface area (Å²) in [4.78, 5) is 24.9. The molecule has 1 saturated carbocycles. The van der Waals surface area contributed by atoms with Crippen LogP contribution in [0.1, 0.15) is 30.3 Å². The average Bonchev–Trinajstić information content (AvgIpc) is 3.30. The normalized spacial score (nSPS) is 14.7. The SMILES string of the molecule is COCC1(Nc2cc(C(=O)Nc3nnc(N/C(C)=C\C=N)s3)oc(=O)c2OC)CC1. The number of nitrogens with zero attached hydrogens (tertiary/aromatic N) is 2. The summed E-state index contributed by atoms with van der Waals surface area (Å²) in [7, 11) is 2.96. The van der Waals surface area contributed by atoms with Crippen molar-refractivity contribution in [3.05, 3.63) is 34.0 Å². The monoisotopic (exact) mass is 434 g/mol. The summed E-state index contributed by atoms with van der Waals surface area (Å²) < 4.78 is 15.5. The van der Waals surface area contributed by atoms with Gasteiger partial charge in [-0.3, -0.25) is 10.1 Å². The molecule has 0 aliphatic heterocycles. The van der Waals surface area contributed by atoms with Crippen molar-refractivity contribution in [2.45, 2.75) is 25.3 Å². The number of allylic oxidation sites excluding steroid dienone is 2. The van der Waals surface area contributed by atoms with E-state index in [0.717, 1.165) is 30.4 Å². The Morgan fingerprint density at radius 1 is 1.33 bits per heavy atom. The minimum absolute atomic E-state index is 0.00945. The van der Waals surface area contributed by atoms with Crippen molar-refractivity contribution >= 4 is 39.4 Å². The van der Waals surface area contributed by atoms with Crippen LogP contribution in [0.4, 0.5) is 16.0 Å². The topological polar surface area (TPSA) is 151 Å². The number of hydrogen-bond donors (Lipinski definition) is 4. The van der Waals surface area contributed by atoms with Crippen LogP contribution in [0.5, 0.6) is 5.75 Å². The zero-order valence-corrected chi connectivity index (χ0v) is 17.5. The van der Waals surface area contributed by atoms with Crippen LogP contribution in [0.25, 0.3) is 0 Å². The van der Waals surface area contributed by atoms with E-state index >= 15 is 0 Å². The van der Waals surface area contributed by atoms with Crippen molar-refractivity contribution in [2.24, 2.45) is 0 Å². The van der Waals surface area contributed by atoms with Crippen molar-refractivity contribution < 1.29 is 18.7 Å². The molecule has 2 heterocycles. The largest absolute Gasteiger partial charge is 0.488 e. The molecule has 30 heavy (non-hydrogen) atoms. The number of carbonyl (C=O) groups excluding carboxylic acids is 1. The first-order chi connectivity index (χ1) is 14.4. The van der Waals surface area contributed by atoms with E-state index in [1.807, 2.05) is 0 Å². The Labute approximate surface area is 176 Å². The lowest BCUT2D eigenvalue weighted by Crippen LogP contribution is -2.28. The molecule has 12 heteroatoms. The van der Waals surface area contributed by atoms with Crippen LogP contribution in [0, 0.1) is 5.41 Å². The Balaban J connectivity index is 1.78. The van der Waals surface area contributed by atoms with E-state index in [2.05, 4.69) is 26.1 Å². The Hall–Kier alpha value is -3.25. The molecule has 2 aromatic rings. The van der Waals surface area contributed by atoms with Crippen LogP contribution < -0.4 is 26.3 Å². The molecular weight excluding hydrogens is 412 g/mol. The van der Waals surface area contributed by atoms with Gasteiger partial charge in [-0.15, -0.1) is 10.2 Å². The first-order valence-electron chi connectivity index (χ1n) is 8.98. The van der Waals surface area contributed by atoms with Gasteiger partial charge in [-0.25, -0.2) is 4.79 Å².